The van der Waals surface area contributed by atoms with E-state index >= 15 is 0 Å². The summed E-state index contributed by atoms with van der Waals surface area (Å²) in [5.41, 5.74) is 1.40. The number of nitrogens with zero attached hydrogens (tertiary/aromatic N) is 2. The minimum Gasteiger partial charge on any atom is -0.319 e. The highest BCUT2D eigenvalue weighted by Gasteiger charge is 2.17. The number of hydrogen-bond donors (Lipinski definition) is 1. The van der Waals surface area contributed by atoms with Gasteiger partial charge < -0.3 is 10.2 Å². The number of nitrogens with one attached hydrogen (secondary N) is 1. The minimum absolute atomic E-state index is 0.0593. The second kappa shape index (κ2) is 6.02. The average Bonchev–Trinajstić information content (AvgIpc) is 2.37. The number of carbonyl (C=O) groups excluding carboxylic acids is 1. The molecule has 0 saturated carbocycles. The Morgan fingerprint density at radius 3 is 2.53 bits per heavy atom. The van der Waals surface area contributed by atoms with E-state index < -0.39 is 0 Å². The fraction of sp³-hybridized carbons (Fsp3) is 0.385. The molecule has 0 bridgehead atoms. The van der Waals surface area contributed by atoms with E-state index in [0.29, 0.717) is 12.1 Å². The molecule has 1 aromatic rings. The molecule has 1 N–H and O–H groups in total. The third-order valence-corrected chi connectivity index (χ3v) is 2.65. The predicted molar refractivity (Wildman–Crippen MR) is 67.7 cm³/mol. The minimum atomic E-state index is -0.0688. The maximum Gasteiger partial charge on any atom is 0.230 e. The van der Waals surface area contributed by atoms with Crippen LogP contribution in [0.1, 0.15) is 12.5 Å². The van der Waals surface area contributed by atoms with E-state index in [0.717, 1.165) is 5.69 Å². The van der Waals surface area contributed by atoms with Crippen molar-refractivity contribution < 1.29 is 4.79 Å². The highest BCUT2D eigenvalue weighted by molar-refractivity contribution is 5.94. The first-order valence-corrected chi connectivity index (χ1v) is 5.52. The molecule has 1 rings (SSSR count). The summed E-state index contributed by atoms with van der Waals surface area (Å²) in [5, 5.41) is 11.7. The van der Waals surface area contributed by atoms with E-state index in [4.69, 9.17) is 5.26 Å². The quantitative estimate of drug-likeness (QED) is 0.851. The molecule has 0 aliphatic rings. The van der Waals surface area contributed by atoms with Crippen LogP contribution < -0.4 is 10.2 Å². The highest BCUT2D eigenvalue weighted by Crippen LogP contribution is 2.15. The molecule has 4 heteroatoms. The first-order chi connectivity index (χ1) is 8.10. The number of rotatable bonds is 4. The van der Waals surface area contributed by atoms with Crippen molar-refractivity contribution in [3.8, 4) is 6.07 Å². The van der Waals surface area contributed by atoms with E-state index in [1.165, 1.54) is 0 Å². The molecule has 4 nitrogen and oxygen atoms in total. The zero-order chi connectivity index (χ0) is 12.8. The maximum absolute atomic E-state index is 12.0. The highest BCUT2D eigenvalue weighted by atomic mass is 16.2. The summed E-state index contributed by atoms with van der Waals surface area (Å²) < 4.78 is 0. The Bertz CT molecular complexity index is 419. The van der Waals surface area contributed by atoms with E-state index in [-0.39, 0.29) is 11.8 Å². The molecule has 0 saturated heterocycles. The topological polar surface area (TPSA) is 56.1 Å². The molecule has 17 heavy (non-hydrogen) atoms. The van der Waals surface area contributed by atoms with Crippen molar-refractivity contribution in [1.29, 1.82) is 5.26 Å². The molecule has 0 spiro atoms. The lowest BCUT2D eigenvalue weighted by Gasteiger charge is -2.21. The van der Waals surface area contributed by atoms with Gasteiger partial charge in [-0.25, -0.2) is 0 Å². The molecular formula is C13H17N3O. The third kappa shape index (κ3) is 3.30. The molecule has 0 aromatic heterocycles. The Morgan fingerprint density at radius 1 is 1.47 bits per heavy atom. The molecule has 90 valence electrons. The number of carbonyl (C=O) groups is 1. The second-order valence-corrected chi connectivity index (χ2v) is 4.01. The van der Waals surface area contributed by atoms with Gasteiger partial charge in [0.05, 0.1) is 11.6 Å². The van der Waals surface area contributed by atoms with E-state index in [1.807, 2.05) is 14.0 Å². The molecule has 0 aliphatic carbocycles. The summed E-state index contributed by atoms with van der Waals surface area (Å²) in [7, 11) is 3.57. The van der Waals surface area contributed by atoms with Crippen LogP contribution in [0.3, 0.4) is 0 Å². The lowest BCUT2D eigenvalue weighted by molar-refractivity contribution is -0.121. The first-order valence-electron chi connectivity index (χ1n) is 5.52. The van der Waals surface area contributed by atoms with Crippen molar-refractivity contribution in [2.45, 2.75) is 6.92 Å². The van der Waals surface area contributed by atoms with Gasteiger partial charge >= 0.3 is 0 Å². The first kappa shape index (κ1) is 13.2. The smallest absolute Gasteiger partial charge is 0.230 e. The fourth-order valence-corrected chi connectivity index (χ4v) is 1.61. The van der Waals surface area contributed by atoms with E-state index in [1.54, 1.807) is 36.2 Å². The lowest BCUT2D eigenvalue weighted by Crippen LogP contribution is -2.35. The van der Waals surface area contributed by atoms with Gasteiger partial charge in [0.25, 0.3) is 0 Å². The molecule has 1 atom stereocenters. The van der Waals surface area contributed by atoms with Gasteiger partial charge in [-0.05, 0) is 31.3 Å². The summed E-state index contributed by atoms with van der Waals surface area (Å²) in [6.07, 6.45) is 0. The number of amides is 1. The third-order valence-electron chi connectivity index (χ3n) is 2.65. The van der Waals surface area contributed by atoms with Crippen LogP contribution in [-0.4, -0.2) is 26.5 Å². The molecule has 1 aromatic carbocycles. The van der Waals surface area contributed by atoms with Crippen molar-refractivity contribution in [2.75, 3.05) is 25.5 Å². The molecule has 0 heterocycles. The molecule has 0 radical (unpaired) electrons. The number of benzene rings is 1. The zero-order valence-corrected chi connectivity index (χ0v) is 10.4. The Hall–Kier alpha value is -1.86. The number of hydrogen-bond acceptors (Lipinski definition) is 3. The molecule has 0 aliphatic heterocycles. The van der Waals surface area contributed by atoms with Gasteiger partial charge in [0.15, 0.2) is 0 Å². The monoisotopic (exact) mass is 231 g/mol. The lowest BCUT2D eigenvalue weighted by atomic mass is 10.1. The van der Waals surface area contributed by atoms with Gasteiger partial charge in [-0.15, -0.1) is 0 Å². The summed E-state index contributed by atoms with van der Waals surface area (Å²) in [4.78, 5) is 13.6. The summed E-state index contributed by atoms with van der Waals surface area (Å²) in [6.45, 7) is 2.54. The average molecular weight is 231 g/mol. The zero-order valence-electron chi connectivity index (χ0n) is 10.4. The molecule has 0 fully saturated rings. The van der Waals surface area contributed by atoms with Gasteiger partial charge in [-0.2, -0.15) is 5.26 Å². The van der Waals surface area contributed by atoms with Crippen LogP contribution >= 0.6 is 0 Å². The van der Waals surface area contributed by atoms with Gasteiger partial charge in [-0.3, -0.25) is 4.79 Å². The van der Waals surface area contributed by atoms with E-state index in [9.17, 15) is 4.79 Å². The molecule has 1 unspecified atom stereocenters. The standard InChI is InChI=1S/C13H17N3O/c1-10(9-15-2)13(17)16(3)12-6-4-11(8-14)5-7-12/h4-7,10,15H,9H2,1-3H3. The van der Waals surface area contributed by atoms with Crippen molar-refractivity contribution in [3.05, 3.63) is 29.8 Å². The number of nitriles is 1. The van der Waals surface area contributed by atoms with Gasteiger partial charge in [0.1, 0.15) is 0 Å². The normalized spacial score (nSPS) is 11.6. The van der Waals surface area contributed by atoms with Crippen LogP contribution in [0, 0.1) is 17.2 Å². The SMILES string of the molecule is CNCC(C)C(=O)N(C)c1ccc(C#N)cc1. The summed E-state index contributed by atoms with van der Waals surface area (Å²) in [5.74, 6) is -0.00954. The molecular weight excluding hydrogens is 214 g/mol. The summed E-state index contributed by atoms with van der Waals surface area (Å²) in [6, 6.07) is 9.03. The van der Waals surface area contributed by atoms with Crippen LogP contribution in [0.2, 0.25) is 0 Å². The maximum atomic E-state index is 12.0. The Balaban J connectivity index is 2.78. The second-order valence-electron chi connectivity index (χ2n) is 4.01. The Morgan fingerprint density at radius 2 is 2.06 bits per heavy atom. The van der Waals surface area contributed by atoms with Gasteiger partial charge in [0, 0.05) is 25.2 Å². The van der Waals surface area contributed by atoms with Crippen LogP contribution in [0.15, 0.2) is 24.3 Å². The number of anilines is 1. The van der Waals surface area contributed by atoms with Crippen molar-refractivity contribution >= 4 is 11.6 Å². The largest absolute Gasteiger partial charge is 0.319 e. The van der Waals surface area contributed by atoms with Crippen molar-refractivity contribution in [3.63, 3.8) is 0 Å². The van der Waals surface area contributed by atoms with Gasteiger partial charge in [0.2, 0.25) is 5.91 Å². The fourth-order valence-electron chi connectivity index (χ4n) is 1.61. The van der Waals surface area contributed by atoms with E-state index in [2.05, 4.69) is 11.4 Å². The summed E-state index contributed by atoms with van der Waals surface area (Å²) >= 11 is 0. The predicted octanol–water partition coefficient (Wildman–Crippen LogP) is 1.38. The molecule has 1 amide bonds. The van der Waals surface area contributed by atoms with Crippen molar-refractivity contribution in [2.24, 2.45) is 5.92 Å². The van der Waals surface area contributed by atoms with Gasteiger partial charge in [-0.1, -0.05) is 6.92 Å². The Kier molecular flexibility index (Phi) is 4.68. The van der Waals surface area contributed by atoms with Crippen molar-refractivity contribution in [1.82, 2.24) is 5.32 Å². The van der Waals surface area contributed by atoms with Crippen LogP contribution in [-0.2, 0) is 4.79 Å². The Labute approximate surface area is 102 Å². The van der Waals surface area contributed by atoms with Crippen LogP contribution in [0.4, 0.5) is 5.69 Å². The van der Waals surface area contributed by atoms with Crippen LogP contribution in [0.5, 0.6) is 0 Å². The van der Waals surface area contributed by atoms with Crippen LogP contribution in [0.25, 0.3) is 0 Å².